The molecule has 1 aromatic rings. The Morgan fingerprint density at radius 3 is 2.57 bits per heavy atom. The van der Waals surface area contributed by atoms with Crippen molar-refractivity contribution in [2.75, 3.05) is 0 Å². The molecule has 0 spiro atoms. The number of amides is 1. The molecular weight excluding hydrogens is 264 g/mol. The number of carbonyl (C=O) groups is 1. The fourth-order valence-corrected chi connectivity index (χ4v) is 4.70. The van der Waals surface area contributed by atoms with Crippen LogP contribution in [0.1, 0.15) is 37.7 Å². The van der Waals surface area contributed by atoms with Gasteiger partial charge in [-0.3, -0.25) is 0 Å². The van der Waals surface area contributed by atoms with Crippen molar-refractivity contribution in [2.45, 2.75) is 56.3 Å². The SMILES string of the molecule is O=C(NC12CC3CC(C1)NC(C3)C2)OCc1ccccc1. The molecule has 0 aromatic heterocycles. The molecule has 2 unspecified atom stereocenters. The number of benzene rings is 1. The van der Waals surface area contributed by atoms with E-state index in [1.54, 1.807) is 0 Å². The molecule has 4 fully saturated rings. The van der Waals surface area contributed by atoms with Gasteiger partial charge in [-0.25, -0.2) is 4.79 Å². The number of hydrogen-bond donors (Lipinski definition) is 2. The fourth-order valence-electron chi connectivity index (χ4n) is 4.70. The van der Waals surface area contributed by atoms with E-state index >= 15 is 0 Å². The Kier molecular flexibility index (Phi) is 3.14. The van der Waals surface area contributed by atoms with Crippen molar-refractivity contribution >= 4 is 6.09 Å². The molecule has 4 bridgehead atoms. The lowest BCUT2D eigenvalue weighted by molar-refractivity contribution is 0.0135. The molecule has 2 aliphatic heterocycles. The highest BCUT2D eigenvalue weighted by molar-refractivity contribution is 5.68. The highest BCUT2D eigenvalue weighted by atomic mass is 16.5. The summed E-state index contributed by atoms with van der Waals surface area (Å²) in [5, 5.41) is 6.87. The molecule has 2 atom stereocenters. The van der Waals surface area contributed by atoms with Crippen LogP contribution in [0.4, 0.5) is 4.79 Å². The molecule has 1 aromatic carbocycles. The summed E-state index contributed by atoms with van der Waals surface area (Å²) in [6, 6.07) is 11.0. The van der Waals surface area contributed by atoms with Crippen LogP contribution < -0.4 is 10.6 Å². The summed E-state index contributed by atoms with van der Waals surface area (Å²) in [7, 11) is 0. The summed E-state index contributed by atoms with van der Waals surface area (Å²) in [6.07, 6.45) is 5.53. The molecule has 2 saturated carbocycles. The number of carbonyl (C=O) groups excluding carboxylic acids is 1. The number of piperidine rings is 2. The predicted molar refractivity (Wildman–Crippen MR) is 79.8 cm³/mol. The van der Waals surface area contributed by atoms with E-state index < -0.39 is 0 Å². The minimum atomic E-state index is -0.263. The summed E-state index contributed by atoms with van der Waals surface area (Å²) in [5.74, 6) is 0.776. The number of nitrogens with one attached hydrogen (secondary N) is 2. The summed E-state index contributed by atoms with van der Waals surface area (Å²) < 4.78 is 5.40. The van der Waals surface area contributed by atoms with Gasteiger partial charge in [-0.15, -0.1) is 0 Å². The van der Waals surface area contributed by atoms with Crippen LogP contribution in [-0.2, 0) is 11.3 Å². The molecule has 4 nitrogen and oxygen atoms in total. The zero-order chi connectivity index (χ0) is 14.3. The zero-order valence-corrected chi connectivity index (χ0v) is 12.2. The second-order valence-electron chi connectivity index (χ2n) is 6.98. The lowest BCUT2D eigenvalue weighted by atomic mass is 9.60. The Labute approximate surface area is 125 Å². The minimum absolute atomic E-state index is 0.0183. The normalized spacial score (nSPS) is 36.5. The highest BCUT2D eigenvalue weighted by Crippen LogP contribution is 2.47. The maximum absolute atomic E-state index is 12.1. The first-order chi connectivity index (χ1) is 10.2. The average Bonchev–Trinajstić information content (AvgIpc) is 2.44. The van der Waals surface area contributed by atoms with Gasteiger partial charge in [-0.2, -0.15) is 0 Å². The third kappa shape index (κ3) is 2.64. The molecule has 4 aliphatic rings. The molecule has 2 aliphatic carbocycles. The molecule has 2 heterocycles. The van der Waals surface area contributed by atoms with E-state index in [1.807, 2.05) is 30.3 Å². The Hall–Kier alpha value is -1.55. The van der Waals surface area contributed by atoms with E-state index in [4.69, 9.17) is 4.74 Å². The van der Waals surface area contributed by atoms with Crippen molar-refractivity contribution in [3.63, 3.8) is 0 Å². The van der Waals surface area contributed by atoms with Gasteiger partial charge in [0.05, 0.1) is 0 Å². The Morgan fingerprint density at radius 2 is 1.90 bits per heavy atom. The maximum Gasteiger partial charge on any atom is 0.407 e. The van der Waals surface area contributed by atoms with E-state index in [-0.39, 0.29) is 11.6 Å². The van der Waals surface area contributed by atoms with Gasteiger partial charge in [0, 0.05) is 17.6 Å². The van der Waals surface area contributed by atoms with E-state index in [9.17, 15) is 4.79 Å². The van der Waals surface area contributed by atoms with E-state index in [0.29, 0.717) is 18.7 Å². The monoisotopic (exact) mass is 286 g/mol. The quantitative estimate of drug-likeness (QED) is 0.898. The molecule has 2 N–H and O–H groups in total. The van der Waals surface area contributed by atoms with Gasteiger partial charge in [0.15, 0.2) is 0 Å². The van der Waals surface area contributed by atoms with Crippen LogP contribution in [0, 0.1) is 5.92 Å². The Balaban J connectivity index is 1.36. The lowest BCUT2D eigenvalue weighted by Gasteiger charge is -2.57. The van der Waals surface area contributed by atoms with Crippen LogP contribution in [-0.4, -0.2) is 23.7 Å². The van der Waals surface area contributed by atoms with Gasteiger partial charge in [-0.05, 0) is 43.6 Å². The Bertz CT molecular complexity index is 494. The van der Waals surface area contributed by atoms with Gasteiger partial charge in [0.1, 0.15) is 6.61 Å². The van der Waals surface area contributed by atoms with E-state index in [2.05, 4.69) is 10.6 Å². The summed E-state index contributed by atoms with van der Waals surface area (Å²) in [4.78, 5) is 12.1. The molecule has 0 radical (unpaired) electrons. The summed E-state index contributed by atoms with van der Waals surface area (Å²) in [5.41, 5.74) is 1.01. The number of hydrogen-bond acceptors (Lipinski definition) is 3. The van der Waals surface area contributed by atoms with Crippen LogP contribution in [0.15, 0.2) is 30.3 Å². The number of alkyl carbamates (subject to hydrolysis) is 1. The second-order valence-corrected chi connectivity index (χ2v) is 6.98. The van der Waals surface area contributed by atoms with Crippen LogP contribution >= 0.6 is 0 Å². The van der Waals surface area contributed by atoms with Gasteiger partial charge < -0.3 is 15.4 Å². The molecular formula is C17H22N2O2. The predicted octanol–water partition coefficient (Wildman–Crippen LogP) is 2.59. The molecule has 4 heteroatoms. The van der Waals surface area contributed by atoms with Crippen LogP contribution in [0.5, 0.6) is 0 Å². The topological polar surface area (TPSA) is 50.4 Å². The second kappa shape index (κ2) is 5.02. The van der Waals surface area contributed by atoms with E-state index in [1.165, 1.54) is 12.8 Å². The van der Waals surface area contributed by atoms with Crippen LogP contribution in [0.25, 0.3) is 0 Å². The van der Waals surface area contributed by atoms with Crippen molar-refractivity contribution in [2.24, 2.45) is 5.92 Å². The number of rotatable bonds is 3. The maximum atomic E-state index is 12.1. The van der Waals surface area contributed by atoms with Crippen LogP contribution in [0.2, 0.25) is 0 Å². The molecule has 1 amide bonds. The summed E-state index contributed by atoms with van der Waals surface area (Å²) in [6.45, 7) is 0.345. The number of ether oxygens (including phenoxy) is 1. The van der Waals surface area contributed by atoms with Crippen molar-refractivity contribution in [1.82, 2.24) is 10.6 Å². The third-order valence-corrected chi connectivity index (χ3v) is 5.24. The average molecular weight is 286 g/mol. The van der Waals surface area contributed by atoms with Crippen molar-refractivity contribution in [3.8, 4) is 0 Å². The smallest absolute Gasteiger partial charge is 0.407 e. The third-order valence-electron chi connectivity index (χ3n) is 5.24. The first kappa shape index (κ1) is 13.1. The van der Waals surface area contributed by atoms with Gasteiger partial charge in [-0.1, -0.05) is 30.3 Å². The van der Waals surface area contributed by atoms with Crippen LogP contribution in [0.3, 0.4) is 0 Å². The van der Waals surface area contributed by atoms with Crippen molar-refractivity contribution in [1.29, 1.82) is 0 Å². The van der Waals surface area contributed by atoms with Gasteiger partial charge in [0.25, 0.3) is 0 Å². The largest absolute Gasteiger partial charge is 0.445 e. The zero-order valence-electron chi connectivity index (χ0n) is 12.2. The first-order valence-electron chi connectivity index (χ1n) is 7.96. The lowest BCUT2D eigenvalue weighted by Crippen LogP contribution is -2.68. The van der Waals surface area contributed by atoms with Crippen molar-refractivity contribution < 1.29 is 9.53 Å². The summed E-state index contributed by atoms with van der Waals surface area (Å²) >= 11 is 0. The fraction of sp³-hybridized carbons (Fsp3) is 0.588. The van der Waals surface area contributed by atoms with E-state index in [0.717, 1.165) is 30.7 Å². The van der Waals surface area contributed by atoms with Gasteiger partial charge in [0.2, 0.25) is 0 Å². The molecule has 2 saturated heterocycles. The highest BCUT2D eigenvalue weighted by Gasteiger charge is 2.51. The Morgan fingerprint density at radius 1 is 1.19 bits per heavy atom. The first-order valence-corrected chi connectivity index (χ1v) is 7.96. The molecule has 21 heavy (non-hydrogen) atoms. The molecule has 112 valence electrons. The van der Waals surface area contributed by atoms with Crippen molar-refractivity contribution in [3.05, 3.63) is 35.9 Å². The minimum Gasteiger partial charge on any atom is -0.445 e. The standard InChI is InChI=1S/C17H22N2O2/c20-16(21-11-12-4-2-1-3-5-12)19-17-8-13-6-14(9-17)18-15(7-13)10-17/h1-5,13-15,18H,6-11H2,(H,19,20). The van der Waals surface area contributed by atoms with Gasteiger partial charge >= 0.3 is 6.09 Å². The molecule has 5 rings (SSSR count).